The molecule has 0 unspecified atom stereocenters. The molecule has 0 N–H and O–H groups in total. The molecule has 0 aliphatic rings. The van der Waals surface area contributed by atoms with Gasteiger partial charge in [-0.1, -0.05) is 64.1 Å². The fourth-order valence-corrected chi connectivity index (χ4v) is 3.89. The number of rotatable bonds is 4. The van der Waals surface area contributed by atoms with Crippen LogP contribution < -0.4 is 0 Å². The molecule has 0 saturated heterocycles. The van der Waals surface area contributed by atoms with Crippen LogP contribution >= 0.6 is 0 Å². The number of nitrogens with zero attached hydrogens (tertiary/aromatic N) is 3. The third kappa shape index (κ3) is 7.79. The molecule has 1 radical (unpaired) electrons. The Morgan fingerprint density at radius 3 is 2.24 bits per heavy atom. The van der Waals surface area contributed by atoms with Gasteiger partial charge in [-0.05, 0) is 34.8 Å². The third-order valence-electron chi connectivity index (χ3n) is 5.53. The van der Waals surface area contributed by atoms with Crippen LogP contribution in [0.25, 0.3) is 28.1 Å². The molecule has 0 saturated carbocycles. The number of pyridine rings is 1. The fraction of sp³-hybridized carbons (Fsp3) is 0.188. The van der Waals surface area contributed by atoms with E-state index in [-0.39, 0.29) is 31.3 Å². The number of halogens is 1. The second-order valence-corrected chi connectivity index (χ2v) is 9.91. The van der Waals surface area contributed by atoms with Crippen molar-refractivity contribution in [3.63, 3.8) is 0 Å². The van der Waals surface area contributed by atoms with Gasteiger partial charge in [-0.25, -0.2) is 4.39 Å². The van der Waals surface area contributed by atoms with Crippen LogP contribution in [0.2, 0.25) is 0 Å². The van der Waals surface area contributed by atoms with E-state index in [0.717, 1.165) is 28.9 Å². The summed E-state index contributed by atoms with van der Waals surface area (Å²) >= 11 is 0. The smallest absolute Gasteiger partial charge is 0.139 e. The van der Waals surface area contributed by atoms with E-state index in [4.69, 9.17) is 0 Å². The molecule has 0 amide bonds. The second kappa shape index (κ2) is 12.7. The Hall–Kier alpha value is -3.40. The van der Waals surface area contributed by atoms with Gasteiger partial charge in [0.15, 0.2) is 0 Å². The maximum atomic E-state index is 12.6. The Morgan fingerprint density at radius 2 is 1.62 bits per heavy atom. The summed E-state index contributed by atoms with van der Waals surface area (Å²) in [5, 5.41) is 4.63. The van der Waals surface area contributed by atoms with E-state index in [1.807, 2.05) is 66.3 Å². The summed E-state index contributed by atoms with van der Waals surface area (Å²) in [5.41, 5.74) is 7.61. The first-order chi connectivity index (χ1) is 17.3. The number of hydrogen-bond acceptors (Lipinski definition) is 2. The van der Waals surface area contributed by atoms with Crippen LogP contribution in [-0.4, -0.2) is 14.8 Å². The molecule has 5 aromatic rings. The van der Waals surface area contributed by atoms with Crippen LogP contribution in [0.4, 0.5) is 4.39 Å². The van der Waals surface area contributed by atoms with E-state index >= 15 is 0 Å². The Morgan fingerprint density at radius 1 is 0.865 bits per heavy atom. The molecule has 191 valence electrons. The molecule has 0 aliphatic carbocycles. The average molecular weight is 668 g/mol. The van der Waals surface area contributed by atoms with Gasteiger partial charge in [-0.15, -0.1) is 41.5 Å². The minimum Gasteiger partial charge on any atom is -0.302 e. The predicted octanol–water partition coefficient (Wildman–Crippen LogP) is 7.92. The van der Waals surface area contributed by atoms with E-state index in [1.165, 1.54) is 29.1 Å². The van der Waals surface area contributed by atoms with Crippen LogP contribution in [0.5, 0.6) is 0 Å². The maximum Gasteiger partial charge on any atom is 0.139 e. The molecule has 0 bridgehead atoms. The summed E-state index contributed by atoms with van der Waals surface area (Å²) in [4.78, 5) is 3.98. The van der Waals surface area contributed by atoms with Crippen LogP contribution in [0, 0.1) is 30.3 Å². The Bertz CT molecular complexity index is 1330. The van der Waals surface area contributed by atoms with Gasteiger partial charge in [0.2, 0.25) is 0 Å². The normalized spacial score (nSPS) is 10.7. The summed E-state index contributed by atoms with van der Waals surface area (Å²) in [6.45, 7) is 8.77. The monoisotopic (exact) mass is 668 g/mol. The Kier molecular flexibility index (Phi) is 9.68. The first-order valence-electron chi connectivity index (χ1n) is 12.0. The molecule has 5 rings (SSSR count). The molecule has 0 atom stereocenters. The summed E-state index contributed by atoms with van der Waals surface area (Å²) in [7, 11) is 0. The summed E-state index contributed by atoms with van der Waals surface area (Å²) < 4.78 is 14.6. The summed E-state index contributed by atoms with van der Waals surface area (Å²) in [6.07, 6.45) is 4.14. The maximum absolute atomic E-state index is 12.6. The Labute approximate surface area is 232 Å². The van der Waals surface area contributed by atoms with E-state index in [2.05, 4.69) is 67.3 Å². The van der Waals surface area contributed by atoms with Gasteiger partial charge in [0.1, 0.15) is 5.82 Å². The van der Waals surface area contributed by atoms with Crippen molar-refractivity contribution in [1.82, 2.24) is 14.8 Å². The summed E-state index contributed by atoms with van der Waals surface area (Å²) in [6, 6.07) is 33.6. The van der Waals surface area contributed by atoms with E-state index in [9.17, 15) is 4.39 Å². The molecule has 0 spiro atoms. The van der Waals surface area contributed by atoms with E-state index in [0.29, 0.717) is 0 Å². The van der Waals surface area contributed by atoms with Crippen molar-refractivity contribution in [2.75, 3.05) is 0 Å². The van der Waals surface area contributed by atoms with Crippen molar-refractivity contribution in [1.29, 1.82) is 0 Å². The van der Waals surface area contributed by atoms with Crippen molar-refractivity contribution >= 4 is 0 Å². The zero-order chi connectivity index (χ0) is 25.5. The first-order valence-corrected chi connectivity index (χ1v) is 12.0. The fourth-order valence-electron chi connectivity index (χ4n) is 3.89. The van der Waals surface area contributed by atoms with Gasteiger partial charge < -0.3 is 4.98 Å². The summed E-state index contributed by atoms with van der Waals surface area (Å²) in [5.74, 6) is -0.318. The van der Waals surface area contributed by atoms with Crippen molar-refractivity contribution in [3.8, 4) is 28.1 Å². The van der Waals surface area contributed by atoms with Crippen molar-refractivity contribution in [3.05, 3.63) is 127 Å². The van der Waals surface area contributed by atoms with Crippen LogP contribution in [-0.2, 0) is 26.5 Å². The molecule has 5 heteroatoms. The molecule has 2 heterocycles. The van der Waals surface area contributed by atoms with Gasteiger partial charge in [-0.3, -0.25) is 4.68 Å². The number of benzene rings is 3. The van der Waals surface area contributed by atoms with Gasteiger partial charge in [-0.2, -0.15) is 29.4 Å². The minimum atomic E-state index is -0.318. The number of hydrogen-bond donors (Lipinski definition) is 0. The van der Waals surface area contributed by atoms with Crippen LogP contribution in [0.1, 0.15) is 32.0 Å². The quantitative estimate of drug-likeness (QED) is 0.183. The van der Waals surface area contributed by atoms with Crippen LogP contribution in [0.15, 0.2) is 97.3 Å². The van der Waals surface area contributed by atoms with Crippen molar-refractivity contribution in [2.24, 2.45) is 5.41 Å². The van der Waals surface area contributed by atoms with E-state index in [1.54, 1.807) is 6.07 Å². The van der Waals surface area contributed by atoms with Crippen molar-refractivity contribution < 1.29 is 24.5 Å². The zero-order valence-corrected chi connectivity index (χ0v) is 23.9. The molecule has 3 nitrogen and oxygen atoms in total. The molecule has 2 aromatic heterocycles. The molecule has 0 fully saturated rings. The topological polar surface area (TPSA) is 30.7 Å². The average Bonchev–Trinajstić information content (AvgIpc) is 3.28. The minimum absolute atomic E-state index is 0. The SMILES string of the molecule is CC(C)(C)Cc1c(-c2ccccc2)cnn1-c1[c-]cccc1.Cc1cc[c-]c(-c2ccc(F)cn2)c1.[Ir]. The molecule has 37 heavy (non-hydrogen) atoms. The second-order valence-electron chi connectivity index (χ2n) is 9.91. The van der Waals surface area contributed by atoms with Crippen LogP contribution in [0.3, 0.4) is 0 Å². The third-order valence-corrected chi connectivity index (χ3v) is 5.53. The van der Waals surface area contributed by atoms with Gasteiger partial charge in [0.05, 0.1) is 18.1 Å². The first kappa shape index (κ1) is 28.2. The molecular formula is C32H30FIrN3-2. The predicted molar refractivity (Wildman–Crippen MR) is 144 cm³/mol. The van der Waals surface area contributed by atoms with Gasteiger partial charge in [0.25, 0.3) is 0 Å². The number of aryl methyl sites for hydroxylation is 1. The molecule has 3 aromatic carbocycles. The van der Waals surface area contributed by atoms with Gasteiger partial charge in [0, 0.05) is 25.7 Å². The Balaban J connectivity index is 0.000000220. The number of aromatic nitrogens is 3. The zero-order valence-electron chi connectivity index (χ0n) is 21.5. The molecular weight excluding hydrogens is 638 g/mol. The van der Waals surface area contributed by atoms with Crippen molar-refractivity contribution in [2.45, 2.75) is 34.1 Å². The largest absolute Gasteiger partial charge is 0.302 e. The standard InChI is InChI=1S/C20H21N2.C12H9FN.Ir/c1-20(2,3)14-19-18(16-10-6-4-7-11-16)15-21-22(19)17-12-8-5-9-13-17;1-9-3-2-4-10(7-9)12-6-5-11(13)8-14-12;/h4-12,15H,14H2,1-3H3;2-3,5-8H,1H3;/q2*-1;. The number of para-hydroxylation sites is 1. The molecule has 0 aliphatic heterocycles. The van der Waals surface area contributed by atoms with E-state index < -0.39 is 0 Å². The van der Waals surface area contributed by atoms with Gasteiger partial charge >= 0.3 is 0 Å².